The maximum atomic E-state index is 5.64. The number of nitrogens with two attached hydrogens (primary N) is 1. The summed E-state index contributed by atoms with van der Waals surface area (Å²) < 4.78 is 1.93. The van der Waals surface area contributed by atoms with E-state index in [1.165, 1.54) is 12.8 Å². The van der Waals surface area contributed by atoms with E-state index in [0.717, 1.165) is 29.5 Å². The summed E-state index contributed by atoms with van der Waals surface area (Å²) in [5, 5.41) is 4.46. The molecule has 0 saturated heterocycles. The van der Waals surface area contributed by atoms with Gasteiger partial charge in [0.15, 0.2) is 5.82 Å². The summed E-state index contributed by atoms with van der Waals surface area (Å²) in [7, 11) is 0. The largest absolute Gasteiger partial charge is 0.399 e. The monoisotopic (exact) mass is 214 g/mol. The van der Waals surface area contributed by atoms with Crippen LogP contribution in [0.2, 0.25) is 0 Å². The van der Waals surface area contributed by atoms with Crippen LogP contribution in [0.3, 0.4) is 0 Å². The second kappa shape index (κ2) is 3.63. The molecule has 2 N–H and O–H groups in total. The lowest BCUT2D eigenvalue weighted by Gasteiger charge is -1.97. The molecule has 0 amide bonds. The molecule has 1 aromatic carbocycles. The Morgan fingerprint density at radius 3 is 2.69 bits per heavy atom. The van der Waals surface area contributed by atoms with Gasteiger partial charge in [0.25, 0.3) is 0 Å². The van der Waals surface area contributed by atoms with Crippen molar-refractivity contribution in [2.75, 3.05) is 5.73 Å². The second-order valence-electron chi connectivity index (χ2n) is 4.36. The van der Waals surface area contributed by atoms with Gasteiger partial charge in [0.1, 0.15) is 6.33 Å². The fourth-order valence-corrected chi connectivity index (χ4v) is 1.71. The molecule has 1 heterocycles. The van der Waals surface area contributed by atoms with Crippen molar-refractivity contribution >= 4 is 5.69 Å². The lowest BCUT2D eigenvalue weighted by molar-refractivity contribution is 0.563. The predicted molar refractivity (Wildman–Crippen MR) is 62.6 cm³/mol. The number of nitrogen functional groups attached to an aromatic ring is 1. The minimum atomic E-state index is 0.765. The molecular formula is C12H14N4. The molecule has 0 bridgehead atoms. The summed E-state index contributed by atoms with van der Waals surface area (Å²) in [6.07, 6.45) is 4.47. The fraction of sp³-hybridized carbons (Fsp3) is 0.333. The topological polar surface area (TPSA) is 56.7 Å². The Labute approximate surface area is 94.1 Å². The Balaban J connectivity index is 1.82. The zero-order chi connectivity index (χ0) is 11.0. The molecule has 4 heteroatoms. The molecule has 1 aromatic heterocycles. The first-order valence-corrected chi connectivity index (χ1v) is 5.56. The predicted octanol–water partition coefficient (Wildman–Crippen LogP) is 1.94. The number of aromatic nitrogens is 3. The molecule has 1 aliphatic carbocycles. The van der Waals surface area contributed by atoms with E-state index >= 15 is 0 Å². The van der Waals surface area contributed by atoms with Gasteiger partial charge in [-0.2, -0.15) is 5.10 Å². The van der Waals surface area contributed by atoms with Crippen LogP contribution in [0, 0.1) is 5.92 Å². The molecule has 0 aliphatic heterocycles. The van der Waals surface area contributed by atoms with Crippen LogP contribution < -0.4 is 5.73 Å². The van der Waals surface area contributed by atoms with Gasteiger partial charge in [0, 0.05) is 17.8 Å². The third-order valence-electron chi connectivity index (χ3n) is 2.85. The average Bonchev–Trinajstić information content (AvgIpc) is 2.97. The lowest BCUT2D eigenvalue weighted by Crippen LogP contribution is -2.00. The first-order chi connectivity index (χ1) is 7.81. The molecule has 82 valence electrons. The molecule has 2 aromatic rings. The van der Waals surface area contributed by atoms with Gasteiger partial charge in [-0.3, -0.25) is 4.68 Å². The van der Waals surface area contributed by atoms with Crippen LogP contribution in [0.4, 0.5) is 5.69 Å². The van der Waals surface area contributed by atoms with Gasteiger partial charge in [0.2, 0.25) is 0 Å². The van der Waals surface area contributed by atoms with Crippen LogP contribution in [0.1, 0.15) is 12.8 Å². The van der Waals surface area contributed by atoms with E-state index in [1.807, 2.05) is 35.3 Å². The smallest absolute Gasteiger partial charge is 0.181 e. The van der Waals surface area contributed by atoms with E-state index in [1.54, 1.807) is 0 Å². The Hall–Kier alpha value is -1.84. The van der Waals surface area contributed by atoms with Crippen LogP contribution in [0.25, 0.3) is 11.4 Å². The zero-order valence-corrected chi connectivity index (χ0v) is 9.00. The van der Waals surface area contributed by atoms with Crippen molar-refractivity contribution in [3.63, 3.8) is 0 Å². The van der Waals surface area contributed by atoms with Crippen LogP contribution in [0.15, 0.2) is 30.6 Å². The first kappa shape index (κ1) is 9.39. The summed E-state index contributed by atoms with van der Waals surface area (Å²) in [6.45, 7) is 1.00. The fourth-order valence-electron chi connectivity index (χ4n) is 1.71. The highest BCUT2D eigenvalue weighted by Gasteiger charge is 2.22. The van der Waals surface area contributed by atoms with E-state index in [2.05, 4.69) is 10.1 Å². The van der Waals surface area contributed by atoms with Crippen LogP contribution in [-0.2, 0) is 6.54 Å². The highest BCUT2D eigenvalue weighted by molar-refractivity contribution is 5.57. The van der Waals surface area contributed by atoms with E-state index in [9.17, 15) is 0 Å². The Morgan fingerprint density at radius 1 is 1.25 bits per heavy atom. The molecule has 0 unspecified atom stereocenters. The van der Waals surface area contributed by atoms with Crippen molar-refractivity contribution in [2.45, 2.75) is 19.4 Å². The molecule has 1 aliphatic rings. The van der Waals surface area contributed by atoms with Gasteiger partial charge in [-0.15, -0.1) is 0 Å². The van der Waals surface area contributed by atoms with Gasteiger partial charge in [0.05, 0.1) is 0 Å². The van der Waals surface area contributed by atoms with Crippen LogP contribution in [-0.4, -0.2) is 14.8 Å². The lowest BCUT2D eigenvalue weighted by atomic mass is 10.2. The zero-order valence-electron chi connectivity index (χ0n) is 9.00. The molecular weight excluding hydrogens is 200 g/mol. The van der Waals surface area contributed by atoms with E-state index in [4.69, 9.17) is 5.73 Å². The van der Waals surface area contributed by atoms with E-state index < -0.39 is 0 Å². The first-order valence-electron chi connectivity index (χ1n) is 5.56. The van der Waals surface area contributed by atoms with Crippen molar-refractivity contribution in [3.05, 3.63) is 30.6 Å². The molecule has 16 heavy (non-hydrogen) atoms. The third-order valence-corrected chi connectivity index (χ3v) is 2.85. The van der Waals surface area contributed by atoms with Crippen molar-refractivity contribution in [2.24, 2.45) is 5.92 Å². The van der Waals surface area contributed by atoms with Gasteiger partial charge >= 0.3 is 0 Å². The summed E-state index contributed by atoms with van der Waals surface area (Å²) in [5.41, 5.74) is 7.42. The summed E-state index contributed by atoms with van der Waals surface area (Å²) >= 11 is 0. The van der Waals surface area contributed by atoms with E-state index in [-0.39, 0.29) is 0 Å². The van der Waals surface area contributed by atoms with Crippen molar-refractivity contribution < 1.29 is 0 Å². The molecule has 0 atom stereocenters. The average molecular weight is 214 g/mol. The standard InChI is InChI=1S/C12H14N4/c13-11-5-3-10(4-6-11)12-14-8-16(15-12)7-9-1-2-9/h3-6,8-9H,1-2,7,13H2. The van der Waals surface area contributed by atoms with E-state index in [0.29, 0.717) is 0 Å². The third kappa shape index (κ3) is 1.91. The van der Waals surface area contributed by atoms with Crippen molar-refractivity contribution in [3.8, 4) is 11.4 Å². The van der Waals surface area contributed by atoms with Gasteiger partial charge in [-0.25, -0.2) is 4.98 Å². The van der Waals surface area contributed by atoms with Crippen molar-refractivity contribution in [1.29, 1.82) is 0 Å². The van der Waals surface area contributed by atoms with Crippen LogP contribution in [0.5, 0.6) is 0 Å². The second-order valence-corrected chi connectivity index (χ2v) is 4.36. The van der Waals surface area contributed by atoms with Gasteiger partial charge in [-0.05, 0) is 43.0 Å². The molecule has 4 nitrogen and oxygen atoms in total. The molecule has 3 rings (SSSR count). The SMILES string of the molecule is Nc1ccc(-c2ncn(CC3CC3)n2)cc1. The minimum absolute atomic E-state index is 0.765. The summed E-state index contributed by atoms with van der Waals surface area (Å²) in [5.74, 6) is 1.60. The Bertz CT molecular complexity index is 482. The minimum Gasteiger partial charge on any atom is -0.399 e. The normalized spacial score (nSPS) is 15.2. The van der Waals surface area contributed by atoms with Crippen LogP contribution >= 0.6 is 0 Å². The Morgan fingerprint density at radius 2 is 2.00 bits per heavy atom. The number of hydrogen-bond acceptors (Lipinski definition) is 3. The van der Waals surface area contributed by atoms with Gasteiger partial charge < -0.3 is 5.73 Å². The maximum Gasteiger partial charge on any atom is 0.181 e. The molecule has 1 saturated carbocycles. The molecule has 0 radical (unpaired) electrons. The number of rotatable bonds is 3. The highest BCUT2D eigenvalue weighted by atomic mass is 15.3. The number of anilines is 1. The number of hydrogen-bond donors (Lipinski definition) is 1. The Kier molecular flexibility index (Phi) is 2.13. The summed E-state index contributed by atoms with van der Waals surface area (Å²) in [4.78, 5) is 4.31. The number of nitrogens with zero attached hydrogens (tertiary/aromatic N) is 3. The molecule has 0 spiro atoms. The maximum absolute atomic E-state index is 5.64. The van der Waals surface area contributed by atoms with Crippen molar-refractivity contribution in [1.82, 2.24) is 14.8 Å². The summed E-state index contributed by atoms with van der Waals surface area (Å²) in [6, 6.07) is 7.64. The van der Waals surface area contributed by atoms with Gasteiger partial charge in [-0.1, -0.05) is 0 Å². The number of benzene rings is 1. The highest BCUT2D eigenvalue weighted by Crippen LogP contribution is 2.30. The molecule has 1 fully saturated rings. The quantitative estimate of drug-likeness (QED) is 0.794.